The van der Waals surface area contributed by atoms with Gasteiger partial charge in [0.15, 0.2) is 5.78 Å². The number of nitroso groups, excluding NO2 is 1. The predicted molar refractivity (Wildman–Crippen MR) is 70.9 cm³/mol. The molecule has 2 N–H and O–H groups in total. The molecule has 0 aromatic heterocycles. The molecule has 0 amide bonds. The van der Waals surface area contributed by atoms with Gasteiger partial charge in [-0.25, -0.2) is 0 Å². The van der Waals surface area contributed by atoms with Crippen molar-refractivity contribution in [1.82, 2.24) is 0 Å². The molecule has 2 aromatic carbocycles. The van der Waals surface area contributed by atoms with Gasteiger partial charge in [0, 0.05) is 11.1 Å². The molecule has 2 rings (SSSR count). The summed E-state index contributed by atoms with van der Waals surface area (Å²) in [7, 11) is 0. The Labute approximate surface area is 104 Å². The van der Waals surface area contributed by atoms with Crippen molar-refractivity contribution in [2.75, 3.05) is 5.73 Å². The van der Waals surface area contributed by atoms with E-state index in [4.69, 9.17) is 5.73 Å². The van der Waals surface area contributed by atoms with E-state index in [0.717, 1.165) is 5.56 Å². The summed E-state index contributed by atoms with van der Waals surface area (Å²) in [4.78, 5) is 22.7. The maximum absolute atomic E-state index is 12.2. The summed E-state index contributed by atoms with van der Waals surface area (Å²) >= 11 is 0. The number of anilines is 1. The minimum Gasteiger partial charge on any atom is -0.397 e. The van der Waals surface area contributed by atoms with E-state index in [9.17, 15) is 9.70 Å². The predicted octanol–water partition coefficient (Wildman–Crippen LogP) is 3.21. The summed E-state index contributed by atoms with van der Waals surface area (Å²) < 4.78 is 0. The average molecular weight is 240 g/mol. The standard InChI is InChI=1S/C14H12N2O2/c1-9-2-4-10(5-3-9)14(17)11-6-7-12(15)13(8-11)16-18/h2-8H,15H2,1H3. The van der Waals surface area contributed by atoms with Crippen LogP contribution in [0.4, 0.5) is 11.4 Å². The van der Waals surface area contributed by atoms with E-state index in [2.05, 4.69) is 5.18 Å². The molecule has 0 saturated heterocycles. The van der Waals surface area contributed by atoms with E-state index < -0.39 is 0 Å². The van der Waals surface area contributed by atoms with Crippen molar-refractivity contribution in [1.29, 1.82) is 0 Å². The zero-order chi connectivity index (χ0) is 13.1. The van der Waals surface area contributed by atoms with Crippen LogP contribution in [0.5, 0.6) is 0 Å². The van der Waals surface area contributed by atoms with Crippen molar-refractivity contribution in [3.8, 4) is 0 Å². The smallest absolute Gasteiger partial charge is 0.193 e. The number of hydrogen-bond acceptors (Lipinski definition) is 4. The third kappa shape index (κ3) is 2.27. The molecule has 0 spiro atoms. The zero-order valence-electron chi connectivity index (χ0n) is 9.88. The number of nitrogen functional groups attached to an aromatic ring is 1. The van der Waals surface area contributed by atoms with Gasteiger partial charge in [-0.05, 0) is 30.3 Å². The van der Waals surface area contributed by atoms with E-state index in [-0.39, 0.29) is 17.2 Å². The minimum atomic E-state index is -0.153. The fourth-order valence-corrected chi connectivity index (χ4v) is 1.64. The van der Waals surface area contributed by atoms with Gasteiger partial charge in [0.25, 0.3) is 0 Å². The summed E-state index contributed by atoms with van der Waals surface area (Å²) in [6.07, 6.45) is 0. The first-order chi connectivity index (χ1) is 8.61. The Bertz CT molecular complexity index is 604. The van der Waals surface area contributed by atoms with Gasteiger partial charge >= 0.3 is 0 Å². The Balaban J connectivity index is 2.39. The molecule has 90 valence electrons. The molecular formula is C14H12N2O2. The molecule has 0 fully saturated rings. The number of aryl methyl sites for hydroxylation is 1. The van der Waals surface area contributed by atoms with Crippen molar-refractivity contribution in [3.63, 3.8) is 0 Å². The number of benzene rings is 2. The lowest BCUT2D eigenvalue weighted by Crippen LogP contribution is -2.01. The highest BCUT2D eigenvalue weighted by Gasteiger charge is 2.11. The number of hydrogen-bond donors (Lipinski definition) is 1. The number of ketones is 1. The van der Waals surface area contributed by atoms with Crippen LogP contribution in [-0.4, -0.2) is 5.78 Å². The maximum atomic E-state index is 12.2. The first-order valence-electron chi connectivity index (χ1n) is 5.46. The molecule has 0 atom stereocenters. The molecule has 0 bridgehead atoms. The van der Waals surface area contributed by atoms with Crippen LogP contribution >= 0.6 is 0 Å². The second kappa shape index (κ2) is 4.79. The number of carbonyl (C=O) groups is 1. The van der Waals surface area contributed by atoms with Gasteiger partial charge in [0.2, 0.25) is 0 Å². The third-order valence-corrected chi connectivity index (χ3v) is 2.70. The lowest BCUT2D eigenvalue weighted by atomic mass is 10.0. The van der Waals surface area contributed by atoms with Gasteiger partial charge in [0.05, 0.1) is 5.69 Å². The van der Waals surface area contributed by atoms with Crippen LogP contribution in [0.2, 0.25) is 0 Å². The SMILES string of the molecule is Cc1ccc(C(=O)c2ccc(N)c(N=O)c2)cc1. The van der Waals surface area contributed by atoms with Crippen molar-refractivity contribution < 1.29 is 4.79 Å². The first-order valence-corrected chi connectivity index (χ1v) is 5.46. The number of carbonyl (C=O) groups excluding carboxylic acids is 1. The molecular weight excluding hydrogens is 228 g/mol. The van der Waals surface area contributed by atoms with E-state index in [1.807, 2.05) is 19.1 Å². The lowest BCUT2D eigenvalue weighted by molar-refractivity contribution is 0.103. The van der Waals surface area contributed by atoms with Crippen LogP contribution in [0.1, 0.15) is 21.5 Å². The van der Waals surface area contributed by atoms with Gasteiger partial charge in [0.1, 0.15) is 5.69 Å². The van der Waals surface area contributed by atoms with Crippen molar-refractivity contribution in [2.24, 2.45) is 5.18 Å². The largest absolute Gasteiger partial charge is 0.397 e. The summed E-state index contributed by atoms with van der Waals surface area (Å²) in [5.74, 6) is -0.153. The molecule has 4 heteroatoms. The highest BCUT2D eigenvalue weighted by atomic mass is 16.3. The normalized spacial score (nSPS) is 10.1. The van der Waals surface area contributed by atoms with Crippen LogP contribution < -0.4 is 5.73 Å². The first kappa shape index (κ1) is 12.0. The number of rotatable bonds is 3. The lowest BCUT2D eigenvalue weighted by Gasteiger charge is -2.03. The van der Waals surface area contributed by atoms with Crippen LogP contribution in [0.3, 0.4) is 0 Å². The topological polar surface area (TPSA) is 72.5 Å². The molecule has 18 heavy (non-hydrogen) atoms. The Morgan fingerprint density at radius 2 is 1.67 bits per heavy atom. The molecule has 2 aromatic rings. The molecule has 0 aliphatic heterocycles. The van der Waals surface area contributed by atoms with Gasteiger partial charge in [-0.3, -0.25) is 4.79 Å². The summed E-state index contributed by atoms with van der Waals surface area (Å²) in [6.45, 7) is 1.95. The zero-order valence-corrected chi connectivity index (χ0v) is 9.88. The Morgan fingerprint density at radius 3 is 2.28 bits per heavy atom. The molecule has 0 unspecified atom stereocenters. The fourth-order valence-electron chi connectivity index (χ4n) is 1.64. The third-order valence-electron chi connectivity index (χ3n) is 2.70. The van der Waals surface area contributed by atoms with E-state index in [1.165, 1.54) is 12.1 Å². The number of nitrogens with two attached hydrogens (primary N) is 1. The molecule has 0 saturated carbocycles. The van der Waals surface area contributed by atoms with Crippen LogP contribution in [0, 0.1) is 11.8 Å². The summed E-state index contributed by atoms with van der Waals surface area (Å²) in [5.41, 5.74) is 7.97. The monoisotopic (exact) mass is 240 g/mol. The van der Waals surface area contributed by atoms with Gasteiger partial charge < -0.3 is 5.73 Å². The quantitative estimate of drug-likeness (QED) is 0.508. The van der Waals surface area contributed by atoms with Crippen LogP contribution in [-0.2, 0) is 0 Å². The minimum absolute atomic E-state index is 0.0907. The van der Waals surface area contributed by atoms with E-state index in [0.29, 0.717) is 11.1 Å². The van der Waals surface area contributed by atoms with Crippen molar-refractivity contribution in [3.05, 3.63) is 64.1 Å². The van der Waals surface area contributed by atoms with Gasteiger partial charge in [-0.2, -0.15) is 0 Å². The Morgan fingerprint density at radius 1 is 1.06 bits per heavy atom. The maximum Gasteiger partial charge on any atom is 0.193 e. The van der Waals surface area contributed by atoms with Crippen molar-refractivity contribution in [2.45, 2.75) is 6.92 Å². The summed E-state index contributed by atoms with van der Waals surface area (Å²) in [6, 6.07) is 11.7. The second-order valence-electron chi connectivity index (χ2n) is 4.06. The Hall–Kier alpha value is -2.49. The van der Waals surface area contributed by atoms with Crippen LogP contribution in [0.15, 0.2) is 47.6 Å². The molecule has 0 radical (unpaired) electrons. The second-order valence-corrected chi connectivity index (χ2v) is 4.06. The Kier molecular flexibility index (Phi) is 3.19. The molecule has 4 nitrogen and oxygen atoms in total. The van der Waals surface area contributed by atoms with Crippen molar-refractivity contribution >= 4 is 17.2 Å². The average Bonchev–Trinajstić information content (AvgIpc) is 2.39. The highest BCUT2D eigenvalue weighted by Crippen LogP contribution is 2.24. The summed E-state index contributed by atoms with van der Waals surface area (Å²) in [5, 5.41) is 2.79. The molecule has 0 heterocycles. The molecule has 0 aliphatic rings. The fraction of sp³-hybridized carbons (Fsp3) is 0.0714. The highest BCUT2D eigenvalue weighted by molar-refractivity contribution is 6.09. The van der Waals surface area contributed by atoms with E-state index in [1.54, 1.807) is 18.2 Å². The van der Waals surface area contributed by atoms with Gasteiger partial charge in [-0.1, -0.05) is 29.8 Å². The number of nitrogens with zero attached hydrogens (tertiary/aromatic N) is 1. The van der Waals surface area contributed by atoms with Crippen LogP contribution in [0.25, 0.3) is 0 Å². The van der Waals surface area contributed by atoms with Gasteiger partial charge in [-0.15, -0.1) is 4.91 Å². The molecule has 0 aliphatic carbocycles. The van der Waals surface area contributed by atoms with E-state index >= 15 is 0 Å².